The van der Waals surface area contributed by atoms with Gasteiger partial charge in [0.1, 0.15) is 0 Å². The molecule has 0 saturated heterocycles. The van der Waals surface area contributed by atoms with Crippen molar-refractivity contribution in [2.75, 3.05) is 0 Å². The molecule has 2 unspecified atom stereocenters. The van der Waals surface area contributed by atoms with Crippen LogP contribution in [0.3, 0.4) is 0 Å². The van der Waals surface area contributed by atoms with Crippen molar-refractivity contribution in [2.45, 2.75) is 44.3 Å². The van der Waals surface area contributed by atoms with Crippen LogP contribution >= 0.6 is 0 Å². The normalized spacial score (nSPS) is 16.7. The number of carboxylic acids is 2. The Bertz CT molecular complexity index is 239. The molecule has 15 heavy (non-hydrogen) atoms. The molecule has 0 aromatic heterocycles. The van der Waals surface area contributed by atoms with Gasteiger partial charge in [-0.3, -0.25) is 0 Å². The molecule has 0 aromatic rings. The standard InChI is InChI=1S/C9H16O6/c1-2-3-4-5-9(15,8(13)14)6(10)7(11)12/h6,10,15H,2-5H2,1H3,(H,11,12)(H,13,14). The van der Waals surface area contributed by atoms with Crippen LogP contribution in [-0.2, 0) is 9.59 Å². The molecule has 0 fully saturated rings. The molecule has 0 aliphatic rings. The Hall–Kier alpha value is -1.14. The molecular weight excluding hydrogens is 204 g/mol. The molecule has 6 heteroatoms. The van der Waals surface area contributed by atoms with Crippen molar-refractivity contribution in [3.05, 3.63) is 0 Å². The number of carboxylic acid groups (broad SMARTS) is 2. The van der Waals surface area contributed by atoms with Crippen molar-refractivity contribution in [2.24, 2.45) is 0 Å². The van der Waals surface area contributed by atoms with E-state index in [0.717, 1.165) is 6.42 Å². The zero-order valence-electron chi connectivity index (χ0n) is 8.51. The third-order valence-corrected chi connectivity index (χ3v) is 2.22. The molecule has 0 radical (unpaired) electrons. The van der Waals surface area contributed by atoms with Gasteiger partial charge in [0.25, 0.3) is 0 Å². The van der Waals surface area contributed by atoms with E-state index < -0.39 is 23.6 Å². The molecule has 0 aliphatic carbocycles. The van der Waals surface area contributed by atoms with Crippen LogP contribution in [0.2, 0.25) is 0 Å². The van der Waals surface area contributed by atoms with Gasteiger partial charge in [-0.05, 0) is 12.8 Å². The van der Waals surface area contributed by atoms with Gasteiger partial charge in [0.15, 0.2) is 11.7 Å². The first kappa shape index (κ1) is 13.9. The highest BCUT2D eigenvalue weighted by Crippen LogP contribution is 2.20. The second-order valence-electron chi connectivity index (χ2n) is 3.43. The first-order chi connectivity index (χ1) is 6.86. The van der Waals surface area contributed by atoms with Gasteiger partial charge in [0.05, 0.1) is 0 Å². The van der Waals surface area contributed by atoms with Crippen molar-refractivity contribution >= 4 is 11.9 Å². The molecule has 0 heterocycles. The van der Waals surface area contributed by atoms with Gasteiger partial charge in [0, 0.05) is 0 Å². The smallest absolute Gasteiger partial charge is 0.339 e. The van der Waals surface area contributed by atoms with Crippen LogP contribution in [0.1, 0.15) is 32.6 Å². The summed E-state index contributed by atoms with van der Waals surface area (Å²) < 4.78 is 0. The van der Waals surface area contributed by atoms with Crippen LogP contribution in [0.5, 0.6) is 0 Å². The molecule has 0 rings (SSSR count). The van der Waals surface area contributed by atoms with Crippen molar-refractivity contribution < 1.29 is 30.0 Å². The Kier molecular flexibility index (Phi) is 5.24. The van der Waals surface area contributed by atoms with E-state index in [1.54, 1.807) is 0 Å². The van der Waals surface area contributed by atoms with E-state index in [4.69, 9.17) is 15.3 Å². The Balaban J connectivity index is 4.59. The molecule has 0 spiro atoms. The molecule has 88 valence electrons. The van der Waals surface area contributed by atoms with Crippen LogP contribution in [0.4, 0.5) is 0 Å². The highest BCUT2D eigenvalue weighted by molar-refractivity contribution is 5.87. The highest BCUT2D eigenvalue weighted by Gasteiger charge is 2.47. The number of carbonyl (C=O) groups is 2. The lowest BCUT2D eigenvalue weighted by molar-refractivity contribution is -0.184. The number of aliphatic hydroxyl groups is 2. The fourth-order valence-electron chi connectivity index (χ4n) is 1.21. The average Bonchev–Trinajstić information content (AvgIpc) is 2.16. The summed E-state index contributed by atoms with van der Waals surface area (Å²) in [4.78, 5) is 21.1. The second kappa shape index (κ2) is 5.67. The number of hydrogen-bond donors (Lipinski definition) is 4. The largest absolute Gasteiger partial charge is 0.479 e. The third kappa shape index (κ3) is 3.49. The lowest BCUT2D eigenvalue weighted by atomic mass is 9.90. The Morgan fingerprint density at radius 2 is 1.80 bits per heavy atom. The van der Waals surface area contributed by atoms with Crippen molar-refractivity contribution in [3.8, 4) is 0 Å². The van der Waals surface area contributed by atoms with E-state index >= 15 is 0 Å². The summed E-state index contributed by atoms with van der Waals surface area (Å²) in [6, 6.07) is 0. The minimum Gasteiger partial charge on any atom is -0.479 e. The number of unbranched alkanes of at least 4 members (excludes halogenated alkanes) is 2. The Morgan fingerprint density at radius 1 is 1.27 bits per heavy atom. The van der Waals surface area contributed by atoms with Crippen molar-refractivity contribution in [1.82, 2.24) is 0 Å². The average molecular weight is 220 g/mol. The summed E-state index contributed by atoms with van der Waals surface area (Å²) in [5.74, 6) is -3.45. The number of hydrogen-bond acceptors (Lipinski definition) is 4. The summed E-state index contributed by atoms with van der Waals surface area (Å²) in [6.07, 6.45) is -0.750. The van der Waals surface area contributed by atoms with E-state index in [2.05, 4.69) is 0 Å². The molecule has 0 aliphatic heterocycles. The minimum absolute atomic E-state index is 0.274. The fraction of sp³-hybridized carbons (Fsp3) is 0.778. The van der Waals surface area contributed by atoms with Gasteiger partial charge < -0.3 is 20.4 Å². The van der Waals surface area contributed by atoms with Gasteiger partial charge in [0.2, 0.25) is 0 Å². The predicted octanol–water partition coefficient (Wildman–Crippen LogP) is -0.172. The first-order valence-corrected chi connectivity index (χ1v) is 4.73. The number of rotatable bonds is 7. The molecule has 6 nitrogen and oxygen atoms in total. The molecule has 0 amide bonds. The van der Waals surface area contributed by atoms with Crippen LogP contribution < -0.4 is 0 Å². The van der Waals surface area contributed by atoms with Gasteiger partial charge in [-0.1, -0.05) is 19.8 Å². The van der Waals surface area contributed by atoms with E-state index in [-0.39, 0.29) is 6.42 Å². The van der Waals surface area contributed by atoms with E-state index in [0.29, 0.717) is 12.8 Å². The van der Waals surface area contributed by atoms with Gasteiger partial charge in [-0.15, -0.1) is 0 Å². The van der Waals surface area contributed by atoms with E-state index in [1.807, 2.05) is 6.92 Å². The monoisotopic (exact) mass is 220 g/mol. The maximum Gasteiger partial charge on any atom is 0.339 e. The summed E-state index contributed by atoms with van der Waals surface area (Å²) >= 11 is 0. The quantitative estimate of drug-likeness (QED) is 0.443. The first-order valence-electron chi connectivity index (χ1n) is 4.73. The highest BCUT2D eigenvalue weighted by atomic mass is 16.4. The van der Waals surface area contributed by atoms with Gasteiger partial charge in [-0.25, -0.2) is 9.59 Å². The Labute approximate surface area is 87.2 Å². The second-order valence-corrected chi connectivity index (χ2v) is 3.43. The topological polar surface area (TPSA) is 115 Å². The van der Waals surface area contributed by atoms with Crippen LogP contribution in [0.15, 0.2) is 0 Å². The van der Waals surface area contributed by atoms with Gasteiger partial charge in [-0.2, -0.15) is 0 Å². The molecule has 0 bridgehead atoms. The van der Waals surface area contributed by atoms with Gasteiger partial charge >= 0.3 is 11.9 Å². The molecular formula is C9H16O6. The summed E-state index contributed by atoms with van der Waals surface area (Å²) in [7, 11) is 0. The summed E-state index contributed by atoms with van der Waals surface area (Å²) in [5.41, 5.74) is -2.60. The lowest BCUT2D eigenvalue weighted by Crippen LogP contribution is -2.53. The molecule has 0 aromatic carbocycles. The lowest BCUT2D eigenvalue weighted by Gasteiger charge is -2.25. The maximum absolute atomic E-state index is 10.7. The molecule has 0 saturated carbocycles. The number of aliphatic hydroxyl groups excluding tert-OH is 1. The minimum atomic E-state index is -2.60. The molecule has 2 atom stereocenters. The van der Waals surface area contributed by atoms with Crippen molar-refractivity contribution in [3.63, 3.8) is 0 Å². The van der Waals surface area contributed by atoms with E-state index in [1.165, 1.54) is 0 Å². The maximum atomic E-state index is 10.7. The van der Waals surface area contributed by atoms with Crippen LogP contribution in [0, 0.1) is 0 Å². The zero-order valence-corrected chi connectivity index (χ0v) is 8.51. The van der Waals surface area contributed by atoms with Crippen LogP contribution in [0.25, 0.3) is 0 Å². The summed E-state index contributed by atoms with van der Waals surface area (Å²) in [5, 5.41) is 35.7. The predicted molar refractivity (Wildman–Crippen MR) is 50.4 cm³/mol. The van der Waals surface area contributed by atoms with Crippen LogP contribution in [-0.4, -0.2) is 44.1 Å². The zero-order chi connectivity index (χ0) is 12.1. The summed E-state index contributed by atoms with van der Waals surface area (Å²) in [6.45, 7) is 1.88. The molecule has 4 N–H and O–H groups in total. The SMILES string of the molecule is CCCCCC(O)(C(=O)O)C(O)C(=O)O. The van der Waals surface area contributed by atoms with Crippen molar-refractivity contribution in [1.29, 1.82) is 0 Å². The third-order valence-electron chi connectivity index (χ3n) is 2.22. The fourth-order valence-corrected chi connectivity index (χ4v) is 1.21. The Morgan fingerprint density at radius 3 is 2.13 bits per heavy atom. The number of aliphatic carboxylic acids is 2. The van der Waals surface area contributed by atoms with E-state index in [9.17, 15) is 14.7 Å².